The van der Waals surface area contributed by atoms with Crippen molar-refractivity contribution in [1.82, 2.24) is 19.5 Å². The SMILES string of the molecule is c1ccc(-c2nc(-c3ccccc3)nc(-n3c4ccccc4c4cc(-c5cc6c7c(c5)Sc5ccccc5N7c5ccccc5S6)ccc43)n2)cc1. The molecule has 244 valence electrons. The van der Waals surface area contributed by atoms with Crippen molar-refractivity contribution in [3.05, 3.63) is 164 Å². The fourth-order valence-electron chi connectivity index (χ4n) is 7.45. The Morgan fingerprint density at radius 1 is 0.385 bits per heavy atom. The summed E-state index contributed by atoms with van der Waals surface area (Å²) in [6, 6.07) is 57.8. The van der Waals surface area contributed by atoms with Crippen molar-refractivity contribution in [3.8, 4) is 39.9 Å². The van der Waals surface area contributed by atoms with Gasteiger partial charge in [0.1, 0.15) is 0 Å². The topological polar surface area (TPSA) is 46.8 Å². The number of rotatable bonds is 4. The molecule has 0 aliphatic carbocycles. The van der Waals surface area contributed by atoms with E-state index in [2.05, 4.69) is 113 Å². The highest BCUT2D eigenvalue weighted by molar-refractivity contribution is 8.00. The number of benzene rings is 7. The lowest BCUT2D eigenvalue weighted by molar-refractivity contribution is 0.953. The maximum absolute atomic E-state index is 5.10. The molecule has 0 amide bonds. The van der Waals surface area contributed by atoms with Crippen LogP contribution in [0.15, 0.2) is 183 Å². The second kappa shape index (κ2) is 11.7. The van der Waals surface area contributed by atoms with Crippen LogP contribution in [-0.4, -0.2) is 19.5 Å². The monoisotopic (exact) mass is 701 g/mol. The molecule has 2 aliphatic heterocycles. The average molecular weight is 702 g/mol. The van der Waals surface area contributed by atoms with Gasteiger partial charge >= 0.3 is 0 Å². The van der Waals surface area contributed by atoms with E-state index in [9.17, 15) is 0 Å². The van der Waals surface area contributed by atoms with E-state index in [-0.39, 0.29) is 0 Å². The predicted octanol–water partition coefficient (Wildman–Crippen LogP) is 12.4. The van der Waals surface area contributed by atoms with E-state index in [1.807, 2.05) is 84.2 Å². The number of aromatic nitrogens is 4. The van der Waals surface area contributed by atoms with Gasteiger partial charge in [0.2, 0.25) is 5.95 Å². The molecule has 0 saturated carbocycles. The summed E-state index contributed by atoms with van der Waals surface area (Å²) in [7, 11) is 0. The molecule has 7 aromatic carbocycles. The number of fused-ring (bicyclic) bond motifs is 7. The molecular weight excluding hydrogens is 675 g/mol. The lowest BCUT2D eigenvalue weighted by atomic mass is 10.0. The van der Waals surface area contributed by atoms with Crippen LogP contribution in [0.25, 0.3) is 61.7 Å². The molecule has 0 radical (unpaired) electrons. The first-order valence-corrected chi connectivity index (χ1v) is 18.8. The second-order valence-electron chi connectivity index (χ2n) is 12.9. The third kappa shape index (κ3) is 4.63. The summed E-state index contributed by atoms with van der Waals surface area (Å²) in [5.41, 5.74) is 10.1. The van der Waals surface area contributed by atoms with Crippen LogP contribution in [0.2, 0.25) is 0 Å². The van der Waals surface area contributed by atoms with Gasteiger partial charge < -0.3 is 4.90 Å². The van der Waals surface area contributed by atoms with E-state index >= 15 is 0 Å². The van der Waals surface area contributed by atoms with Crippen molar-refractivity contribution < 1.29 is 0 Å². The van der Waals surface area contributed by atoms with Gasteiger partial charge in [0.15, 0.2) is 11.6 Å². The van der Waals surface area contributed by atoms with Crippen LogP contribution in [0.5, 0.6) is 0 Å². The molecule has 0 unspecified atom stereocenters. The molecule has 0 fully saturated rings. The normalized spacial score (nSPS) is 12.8. The average Bonchev–Trinajstić information content (AvgIpc) is 3.55. The predicted molar refractivity (Wildman–Crippen MR) is 213 cm³/mol. The smallest absolute Gasteiger partial charge is 0.238 e. The van der Waals surface area contributed by atoms with Crippen molar-refractivity contribution in [2.75, 3.05) is 4.90 Å². The van der Waals surface area contributed by atoms with Crippen molar-refractivity contribution in [2.24, 2.45) is 0 Å². The maximum atomic E-state index is 5.10. The third-order valence-electron chi connectivity index (χ3n) is 9.81. The molecule has 0 spiro atoms. The zero-order valence-corrected chi connectivity index (χ0v) is 29.3. The molecule has 0 saturated heterocycles. The first-order chi connectivity index (χ1) is 25.8. The largest absolute Gasteiger partial charge is 0.306 e. The number of hydrogen-bond donors (Lipinski definition) is 0. The minimum Gasteiger partial charge on any atom is -0.306 e. The van der Waals surface area contributed by atoms with Crippen molar-refractivity contribution in [3.63, 3.8) is 0 Å². The van der Waals surface area contributed by atoms with E-state index in [1.165, 1.54) is 47.8 Å². The fourth-order valence-corrected chi connectivity index (χ4v) is 9.78. The third-order valence-corrected chi connectivity index (χ3v) is 12.0. The van der Waals surface area contributed by atoms with E-state index in [0.29, 0.717) is 17.6 Å². The summed E-state index contributed by atoms with van der Waals surface area (Å²) >= 11 is 3.72. The highest BCUT2D eigenvalue weighted by Gasteiger charge is 2.33. The maximum Gasteiger partial charge on any atom is 0.238 e. The molecule has 9 aromatic rings. The Morgan fingerprint density at radius 3 is 1.56 bits per heavy atom. The van der Waals surface area contributed by atoms with Gasteiger partial charge in [0.05, 0.1) is 28.1 Å². The number of anilines is 3. The highest BCUT2D eigenvalue weighted by atomic mass is 32.2. The minimum absolute atomic E-state index is 0.593. The van der Waals surface area contributed by atoms with Crippen molar-refractivity contribution >= 4 is 62.4 Å². The van der Waals surface area contributed by atoms with E-state index in [0.717, 1.165) is 32.9 Å². The molecule has 52 heavy (non-hydrogen) atoms. The summed E-state index contributed by atoms with van der Waals surface area (Å²) in [5.74, 6) is 1.87. The Kier molecular flexibility index (Phi) is 6.65. The molecule has 11 rings (SSSR count). The van der Waals surface area contributed by atoms with Gasteiger partial charge in [0, 0.05) is 41.5 Å². The lowest BCUT2D eigenvalue weighted by Crippen LogP contribution is -2.18. The summed E-state index contributed by atoms with van der Waals surface area (Å²) in [6.07, 6.45) is 0. The Balaban J connectivity index is 1.10. The van der Waals surface area contributed by atoms with Crippen LogP contribution in [-0.2, 0) is 0 Å². The lowest BCUT2D eigenvalue weighted by Gasteiger charge is -2.38. The minimum atomic E-state index is 0.593. The number of hydrogen-bond acceptors (Lipinski definition) is 6. The molecule has 0 atom stereocenters. The quantitative estimate of drug-likeness (QED) is 0.182. The Labute approximate surface area is 308 Å². The summed E-state index contributed by atoms with van der Waals surface area (Å²) < 4.78 is 2.18. The van der Waals surface area contributed by atoms with Gasteiger partial charge in [-0.15, -0.1) is 0 Å². The fraction of sp³-hybridized carbons (Fsp3) is 0. The molecule has 2 aromatic heterocycles. The first kappa shape index (κ1) is 29.6. The first-order valence-electron chi connectivity index (χ1n) is 17.2. The van der Waals surface area contributed by atoms with Gasteiger partial charge in [-0.05, 0) is 65.7 Å². The molecule has 2 aliphatic rings. The molecule has 0 bridgehead atoms. The van der Waals surface area contributed by atoms with Crippen LogP contribution < -0.4 is 4.90 Å². The number of para-hydroxylation sites is 3. The van der Waals surface area contributed by atoms with Crippen LogP contribution in [0.4, 0.5) is 17.1 Å². The Bertz CT molecular complexity index is 2740. The van der Waals surface area contributed by atoms with Gasteiger partial charge in [-0.25, -0.2) is 4.98 Å². The Hall–Kier alpha value is -6.15. The second-order valence-corrected chi connectivity index (χ2v) is 15.1. The van der Waals surface area contributed by atoms with E-state index in [1.54, 1.807) is 0 Å². The van der Waals surface area contributed by atoms with Crippen molar-refractivity contribution in [2.45, 2.75) is 19.6 Å². The standard InChI is InChI=1S/C45H27N5S2/c1-3-13-28(14-4-1)43-46-44(29-15-5-2-6-16-29)48-45(47-43)50-34-18-8-7-17-32(34)33-25-30(23-24-35(33)50)31-26-40-42-41(27-31)52-39-22-12-10-20-37(39)49(42)36-19-9-11-21-38(36)51-40/h1-27H. The zero-order valence-electron chi connectivity index (χ0n) is 27.6. The number of nitrogens with zero attached hydrogens (tertiary/aromatic N) is 5. The van der Waals surface area contributed by atoms with Gasteiger partial charge in [-0.2, -0.15) is 9.97 Å². The van der Waals surface area contributed by atoms with Gasteiger partial charge in [0.25, 0.3) is 0 Å². The van der Waals surface area contributed by atoms with E-state index < -0.39 is 0 Å². The molecule has 7 heteroatoms. The van der Waals surface area contributed by atoms with E-state index in [4.69, 9.17) is 15.0 Å². The van der Waals surface area contributed by atoms with Crippen LogP contribution in [0, 0.1) is 0 Å². The molecular formula is C45H27N5S2. The molecule has 0 N–H and O–H groups in total. The summed E-state index contributed by atoms with van der Waals surface area (Å²) in [6.45, 7) is 0. The van der Waals surface area contributed by atoms with Crippen LogP contribution >= 0.6 is 23.5 Å². The Morgan fingerprint density at radius 2 is 0.923 bits per heavy atom. The highest BCUT2D eigenvalue weighted by Crippen LogP contribution is 2.60. The van der Waals surface area contributed by atoms with Gasteiger partial charge in [-0.3, -0.25) is 4.57 Å². The summed E-state index contributed by atoms with van der Waals surface area (Å²) in [5, 5.41) is 2.30. The van der Waals surface area contributed by atoms with Crippen LogP contribution in [0.3, 0.4) is 0 Å². The van der Waals surface area contributed by atoms with Crippen LogP contribution in [0.1, 0.15) is 0 Å². The van der Waals surface area contributed by atoms with Gasteiger partial charge in [-0.1, -0.05) is 133 Å². The molecule has 5 nitrogen and oxygen atoms in total. The zero-order chi connectivity index (χ0) is 34.2. The summed E-state index contributed by atoms with van der Waals surface area (Å²) in [4.78, 5) is 22.7. The van der Waals surface area contributed by atoms with Crippen molar-refractivity contribution in [1.29, 1.82) is 0 Å². The molecule has 4 heterocycles.